The van der Waals surface area contributed by atoms with Gasteiger partial charge in [-0.3, -0.25) is 4.79 Å². The first-order chi connectivity index (χ1) is 8.00. The number of hydrogen-bond acceptors (Lipinski definition) is 2. The van der Waals surface area contributed by atoms with Crippen LogP contribution in [0.1, 0.15) is 36.8 Å². The first kappa shape index (κ1) is 12.1. The Bertz CT molecular complexity index is 558. The Morgan fingerprint density at radius 3 is 2.12 bits per heavy atom. The maximum atomic E-state index is 12.5. The average molecular weight is 244 g/mol. The molecule has 0 saturated heterocycles. The second kappa shape index (κ2) is 4.46. The Hall–Kier alpha value is -1.41. The van der Waals surface area contributed by atoms with E-state index in [4.69, 9.17) is 0 Å². The van der Waals surface area contributed by atoms with Crippen molar-refractivity contribution < 1.29 is 4.79 Å². The zero-order valence-corrected chi connectivity index (χ0v) is 11.4. The molecular formula is C15H16OS. The van der Waals surface area contributed by atoms with Gasteiger partial charge in [-0.2, -0.15) is 0 Å². The fraction of sp³-hybridized carbons (Fsp3) is 0.267. The van der Waals surface area contributed by atoms with E-state index in [0.717, 1.165) is 27.1 Å². The standard InChI is InChI=1S/C15H16OS/c1-9-6-5-7-10(2)14(9)15(16)13-8-11(3)17-12(13)4/h5-8H,1-4H3. The van der Waals surface area contributed by atoms with E-state index < -0.39 is 0 Å². The lowest BCUT2D eigenvalue weighted by Crippen LogP contribution is -2.06. The number of carbonyl (C=O) groups excluding carboxylic acids is 1. The molecule has 88 valence electrons. The molecule has 0 atom stereocenters. The maximum absolute atomic E-state index is 12.5. The van der Waals surface area contributed by atoms with Gasteiger partial charge in [-0.1, -0.05) is 18.2 Å². The van der Waals surface area contributed by atoms with E-state index >= 15 is 0 Å². The third kappa shape index (κ3) is 2.18. The van der Waals surface area contributed by atoms with Gasteiger partial charge in [0.25, 0.3) is 0 Å². The highest BCUT2D eigenvalue weighted by molar-refractivity contribution is 7.12. The minimum Gasteiger partial charge on any atom is -0.289 e. The lowest BCUT2D eigenvalue weighted by molar-refractivity contribution is 0.103. The fourth-order valence-electron chi connectivity index (χ4n) is 2.16. The van der Waals surface area contributed by atoms with Gasteiger partial charge in [-0.05, 0) is 44.9 Å². The van der Waals surface area contributed by atoms with Crippen LogP contribution in [0.25, 0.3) is 0 Å². The van der Waals surface area contributed by atoms with Crippen molar-refractivity contribution in [3.8, 4) is 0 Å². The number of hydrogen-bond donors (Lipinski definition) is 0. The molecule has 17 heavy (non-hydrogen) atoms. The van der Waals surface area contributed by atoms with Gasteiger partial charge >= 0.3 is 0 Å². The number of aryl methyl sites for hydroxylation is 4. The van der Waals surface area contributed by atoms with Crippen molar-refractivity contribution >= 4 is 17.1 Å². The summed E-state index contributed by atoms with van der Waals surface area (Å²) in [7, 11) is 0. The Kier molecular flexibility index (Phi) is 3.16. The molecular weight excluding hydrogens is 228 g/mol. The number of rotatable bonds is 2. The van der Waals surface area contributed by atoms with E-state index in [0.29, 0.717) is 0 Å². The van der Waals surface area contributed by atoms with E-state index in [-0.39, 0.29) is 5.78 Å². The van der Waals surface area contributed by atoms with Crippen LogP contribution in [-0.4, -0.2) is 5.78 Å². The van der Waals surface area contributed by atoms with Crippen LogP contribution in [0.15, 0.2) is 24.3 Å². The van der Waals surface area contributed by atoms with Crippen molar-refractivity contribution in [2.24, 2.45) is 0 Å². The summed E-state index contributed by atoms with van der Waals surface area (Å²) in [6, 6.07) is 7.98. The fourth-order valence-corrected chi connectivity index (χ4v) is 3.08. The molecule has 2 rings (SSSR count). The summed E-state index contributed by atoms with van der Waals surface area (Å²) in [4.78, 5) is 14.8. The van der Waals surface area contributed by atoms with E-state index in [9.17, 15) is 4.79 Å². The van der Waals surface area contributed by atoms with Crippen LogP contribution in [0.5, 0.6) is 0 Å². The van der Waals surface area contributed by atoms with Gasteiger partial charge in [0.1, 0.15) is 0 Å². The van der Waals surface area contributed by atoms with Gasteiger partial charge in [0, 0.05) is 20.9 Å². The minimum atomic E-state index is 0.155. The molecule has 0 bridgehead atoms. The molecule has 0 fully saturated rings. The summed E-state index contributed by atoms with van der Waals surface area (Å²) in [5.74, 6) is 0.155. The van der Waals surface area contributed by atoms with Crippen LogP contribution < -0.4 is 0 Å². The smallest absolute Gasteiger partial charge is 0.194 e. The van der Waals surface area contributed by atoms with Crippen LogP contribution >= 0.6 is 11.3 Å². The molecule has 0 aliphatic rings. The molecule has 2 heteroatoms. The lowest BCUT2D eigenvalue weighted by Gasteiger charge is -2.08. The van der Waals surface area contributed by atoms with Gasteiger partial charge in [-0.15, -0.1) is 11.3 Å². The van der Waals surface area contributed by atoms with E-state index in [1.807, 2.05) is 52.0 Å². The highest BCUT2D eigenvalue weighted by Crippen LogP contribution is 2.25. The second-order valence-electron chi connectivity index (χ2n) is 4.42. The molecule has 0 radical (unpaired) electrons. The molecule has 0 aliphatic heterocycles. The molecule has 0 amide bonds. The molecule has 0 spiro atoms. The maximum Gasteiger partial charge on any atom is 0.194 e. The zero-order chi connectivity index (χ0) is 12.6. The summed E-state index contributed by atoms with van der Waals surface area (Å²) in [5.41, 5.74) is 3.81. The Labute approximate surface area is 106 Å². The highest BCUT2D eigenvalue weighted by atomic mass is 32.1. The molecule has 0 N–H and O–H groups in total. The Morgan fingerprint density at radius 1 is 1.06 bits per heavy atom. The van der Waals surface area contributed by atoms with E-state index in [1.54, 1.807) is 11.3 Å². The first-order valence-electron chi connectivity index (χ1n) is 5.68. The quantitative estimate of drug-likeness (QED) is 0.723. The molecule has 1 nitrogen and oxygen atoms in total. The largest absolute Gasteiger partial charge is 0.289 e. The summed E-state index contributed by atoms with van der Waals surface area (Å²) < 4.78 is 0. The molecule has 2 aromatic rings. The third-order valence-corrected chi connectivity index (χ3v) is 3.96. The third-order valence-electron chi connectivity index (χ3n) is 2.99. The minimum absolute atomic E-state index is 0.155. The normalized spacial score (nSPS) is 10.6. The number of thiophene rings is 1. The van der Waals surface area contributed by atoms with Crippen LogP contribution in [-0.2, 0) is 0 Å². The Morgan fingerprint density at radius 2 is 1.65 bits per heavy atom. The lowest BCUT2D eigenvalue weighted by atomic mass is 9.95. The molecule has 0 saturated carbocycles. The average Bonchev–Trinajstić information content (AvgIpc) is 2.57. The predicted molar refractivity (Wildman–Crippen MR) is 73.1 cm³/mol. The van der Waals surface area contributed by atoms with Gasteiger partial charge in [-0.25, -0.2) is 0 Å². The monoisotopic (exact) mass is 244 g/mol. The van der Waals surface area contributed by atoms with Crippen molar-refractivity contribution in [3.05, 3.63) is 56.3 Å². The van der Waals surface area contributed by atoms with Gasteiger partial charge < -0.3 is 0 Å². The van der Waals surface area contributed by atoms with Crippen molar-refractivity contribution in [1.29, 1.82) is 0 Å². The van der Waals surface area contributed by atoms with E-state index in [2.05, 4.69) is 0 Å². The Balaban J connectivity index is 2.55. The number of ketones is 1. The zero-order valence-electron chi connectivity index (χ0n) is 10.6. The van der Waals surface area contributed by atoms with Gasteiger partial charge in [0.05, 0.1) is 0 Å². The number of benzene rings is 1. The topological polar surface area (TPSA) is 17.1 Å². The van der Waals surface area contributed by atoms with Crippen molar-refractivity contribution in [2.75, 3.05) is 0 Å². The SMILES string of the molecule is Cc1cc(C(=O)c2c(C)cccc2C)c(C)s1. The highest BCUT2D eigenvalue weighted by Gasteiger charge is 2.17. The van der Waals surface area contributed by atoms with Gasteiger partial charge in [0.15, 0.2) is 5.78 Å². The molecule has 0 aliphatic carbocycles. The molecule has 1 heterocycles. The summed E-state index contributed by atoms with van der Waals surface area (Å²) in [5, 5.41) is 0. The predicted octanol–water partition coefficient (Wildman–Crippen LogP) is 4.21. The van der Waals surface area contributed by atoms with Crippen LogP contribution in [0.4, 0.5) is 0 Å². The van der Waals surface area contributed by atoms with Crippen LogP contribution in [0.3, 0.4) is 0 Å². The molecule has 1 aromatic heterocycles. The van der Waals surface area contributed by atoms with Crippen LogP contribution in [0, 0.1) is 27.7 Å². The molecule has 0 unspecified atom stereocenters. The van der Waals surface area contributed by atoms with Crippen molar-refractivity contribution in [3.63, 3.8) is 0 Å². The second-order valence-corrected chi connectivity index (χ2v) is 5.88. The molecule has 1 aromatic carbocycles. The summed E-state index contributed by atoms with van der Waals surface area (Å²) >= 11 is 1.68. The van der Waals surface area contributed by atoms with Gasteiger partial charge in [0.2, 0.25) is 0 Å². The number of carbonyl (C=O) groups is 1. The van der Waals surface area contributed by atoms with Crippen LogP contribution in [0.2, 0.25) is 0 Å². The first-order valence-corrected chi connectivity index (χ1v) is 6.50. The van der Waals surface area contributed by atoms with Crippen molar-refractivity contribution in [2.45, 2.75) is 27.7 Å². The van der Waals surface area contributed by atoms with Crippen molar-refractivity contribution in [1.82, 2.24) is 0 Å². The van der Waals surface area contributed by atoms with E-state index in [1.165, 1.54) is 4.88 Å². The summed E-state index contributed by atoms with van der Waals surface area (Å²) in [6.45, 7) is 8.04. The summed E-state index contributed by atoms with van der Waals surface area (Å²) in [6.07, 6.45) is 0.